The average molecular weight is 374 g/mol. The molecule has 4 saturated carbocycles. The van der Waals surface area contributed by atoms with Crippen LogP contribution in [-0.2, 0) is 4.79 Å². The highest BCUT2D eigenvalue weighted by Gasteiger charge is 2.64. The molecule has 2 heteroatoms. The van der Waals surface area contributed by atoms with Crippen LogP contribution in [-0.4, -0.2) is 12.3 Å². The number of hydrogen-bond donors (Lipinski definition) is 1. The van der Waals surface area contributed by atoms with Crippen LogP contribution in [0.15, 0.2) is 0 Å². The molecule has 4 aliphatic carbocycles. The topological polar surface area (TPSA) is 43.1 Å². The first kappa shape index (κ1) is 19.9. The quantitative estimate of drug-likeness (QED) is 0.673. The molecule has 0 heterocycles. The molecule has 4 aliphatic rings. The molecule has 2 N–H and O–H groups in total. The summed E-state index contributed by atoms with van der Waals surface area (Å²) < 4.78 is 0. The summed E-state index contributed by atoms with van der Waals surface area (Å²) in [6.45, 7) is 10.7. The number of carbonyl (C=O) groups excluding carboxylic acids is 1. The highest BCUT2D eigenvalue weighted by atomic mass is 16.1. The van der Waals surface area contributed by atoms with Gasteiger partial charge in [0.25, 0.3) is 0 Å². The summed E-state index contributed by atoms with van der Waals surface area (Å²) in [6.07, 6.45) is 12.9. The molecule has 27 heavy (non-hydrogen) atoms. The van der Waals surface area contributed by atoms with E-state index in [9.17, 15) is 4.79 Å². The SMILES string of the molecule is CCC1C(=O)C2C(CCC3(C)C2CCC3[C@H](C)CCN)C2(C)CCCCC12. The van der Waals surface area contributed by atoms with Crippen LogP contribution in [0.3, 0.4) is 0 Å². The number of carbonyl (C=O) groups is 1. The Morgan fingerprint density at radius 1 is 1.00 bits per heavy atom. The van der Waals surface area contributed by atoms with Gasteiger partial charge in [0.2, 0.25) is 0 Å². The zero-order valence-corrected chi connectivity index (χ0v) is 18.3. The van der Waals surface area contributed by atoms with E-state index in [1.54, 1.807) is 0 Å². The molecule has 0 radical (unpaired) electrons. The summed E-state index contributed by atoms with van der Waals surface area (Å²) in [7, 11) is 0. The third-order valence-electron chi connectivity index (χ3n) is 10.4. The lowest BCUT2D eigenvalue weighted by Gasteiger charge is -2.62. The van der Waals surface area contributed by atoms with Crippen LogP contribution in [0.1, 0.15) is 91.9 Å². The predicted molar refractivity (Wildman–Crippen MR) is 112 cm³/mol. The van der Waals surface area contributed by atoms with Gasteiger partial charge in [-0.3, -0.25) is 4.79 Å². The second kappa shape index (κ2) is 7.15. The summed E-state index contributed by atoms with van der Waals surface area (Å²) in [5, 5.41) is 0. The number of ketones is 1. The molecular weight excluding hydrogens is 330 g/mol. The van der Waals surface area contributed by atoms with Crippen LogP contribution in [0.25, 0.3) is 0 Å². The Morgan fingerprint density at radius 3 is 2.44 bits per heavy atom. The molecule has 4 fully saturated rings. The molecule has 8 unspecified atom stereocenters. The maximum atomic E-state index is 13.9. The Kier molecular flexibility index (Phi) is 5.28. The van der Waals surface area contributed by atoms with E-state index in [1.165, 1.54) is 51.4 Å². The van der Waals surface area contributed by atoms with Gasteiger partial charge in [-0.05, 0) is 98.3 Å². The highest BCUT2D eigenvalue weighted by molar-refractivity contribution is 5.86. The van der Waals surface area contributed by atoms with Gasteiger partial charge >= 0.3 is 0 Å². The van der Waals surface area contributed by atoms with Crippen molar-refractivity contribution >= 4 is 5.78 Å². The van der Waals surface area contributed by atoms with E-state index in [2.05, 4.69) is 27.7 Å². The largest absolute Gasteiger partial charge is 0.330 e. The highest BCUT2D eigenvalue weighted by Crippen LogP contribution is 2.68. The van der Waals surface area contributed by atoms with Crippen LogP contribution in [0.2, 0.25) is 0 Å². The fourth-order valence-corrected chi connectivity index (χ4v) is 9.15. The van der Waals surface area contributed by atoms with Gasteiger partial charge in [-0.25, -0.2) is 0 Å². The first-order chi connectivity index (χ1) is 12.9. The van der Waals surface area contributed by atoms with E-state index in [0.29, 0.717) is 52.1 Å². The molecule has 4 rings (SSSR count). The van der Waals surface area contributed by atoms with Gasteiger partial charge < -0.3 is 5.73 Å². The first-order valence-electron chi connectivity index (χ1n) is 12.1. The number of hydrogen-bond acceptors (Lipinski definition) is 2. The van der Waals surface area contributed by atoms with Crippen molar-refractivity contribution in [3.63, 3.8) is 0 Å². The minimum atomic E-state index is 0.347. The maximum absolute atomic E-state index is 13.9. The van der Waals surface area contributed by atoms with E-state index in [1.807, 2.05) is 0 Å². The summed E-state index contributed by atoms with van der Waals surface area (Å²) in [6, 6.07) is 0. The van der Waals surface area contributed by atoms with Gasteiger partial charge in [0.1, 0.15) is 5.78 Å². The van der Waals surface area contributed by atoms with Crippen LogP contribution in [0.5, 0.6) is 0 Å². The van der Waals surface area contributed by atoms with Crippen molar-refractivity contribution in [1.29, 1.82) is 0 Å². The van der Waals surface area contributed by atoms with Crippen molar-refractivity contribution in [2.45, 2.75) is 91.9 Å². The molecule has 0 aromatic heterocycles. The van der Waals surface area contributed by atoms with E-state index in [0.717, 1.165) is 25.3 Å². The van der Waals surface area contributed by atoms with E-state index >= 15 is 0 Å². The third kappa shape index (κ3) is 2.79. The molecule has 0 aliphatic heterocycles. The summed E-state index contributed by atoms with van der Waals surface area (Å²) in [5.41, 5.74) is 6.72. The number of nitrogens with two attached hydrogens (primary N) is 1. The first-order valence-corrected chi connectivity index (χ1v) is 12.1. The lowest BCUT2D eigenvalue weighted by atomic mass is 9.42. The average Bonchev–Trinajstić information content (AvgIpc) is 3.00. The number of fused-ring (bicyclic) bond motifs is 5. The Bertz CT molecular complexity index is 573. The van der Waals surface area contributed by atoms with Crippen LogP contribution in [0.4, 0.5) is 0 Å². The smallest absolute Gasteiger partial charge is 0.139 e. The molecule has 0 aromatic carbocycles. The molecule has 154 valence electrons. The molecule has 0 aromatic rings. The van der Waals surface area contributed by atoms with Crippen LogP contribution < -0.4 is 5.73 Å². The lowest BCUT2D eigenvalue weighted by Crippen LogP contribution is -2.59. The van der Waals surface area contributed by atoms with Crippen LogP contribution in [0, 0.1) is 52.3 Å². The van der Waals surface area contributed by atoms with Crippen molar-refractivity contribution in [3.05, 3.63) is 0 Å². The summed E-state index contributed by atoms with van der Waals surface area (Å²) >= 11 is 0. The second-order valence-corrected chi connectivity index (χ2v) is 11.3. The molecule has 0 amide bonds. The Balaban J connectivity index is 1.68. The van der Waals surface area contributed by atoms with Crippen molar-refractivity contribution < 1.29 is 4.79 Å². The summed E-state index contributed by atoms with van der Waals surface area (Å²) in [5.74, 6) is 4.86. The van der Waals surface area contributed by atoms with Crippen molar-refractivity contribution in [2.24, 2.45) is 58.0 Å². The standard InChI is InChI=1S/C25H43NO/c1-5-17-19-8-6-7-13-24(19,3)21-11-14-25(4)18(16(2)12-15-26)9-10-20(25)22(21)23(17)27/h16-22H,5-15,26H2,1-4H3/t16-,17?,18?,19?,20?,21?,22?,24?,25?/m1/s1. The third-order valence-corrected chi connectivity index (χ3v) is 10.4. The van der Waals surface area contributed by atoms with Gasteiger partial charge in [0.15, 0.2) is 0 Å². The maximum Gasteiger partial charge on any atom is 0.139 e. The minimum absolute atomic E-state index is 0.347. The molecule has 0 bridgehead atoms. The minimum Gasteiger partial charge on any atom is -0.330 e. The van der Waals surface area contributed by atoms with Gasteiger partial charge in [0.05, 0.1) is 0 Å². The van der Waals surface area contributed by atoms with Crippen molar-refractivity contribution in [1.82, 2.24) is 0 Å². The summed E-state index contributed by atoms with van der Waals surface area (Å²) in [4.78, 5) is 13.9. The molecule has 0 saturated heterocycles. The fraction of sp³-hybridized carbons (Fsp3) is 0.960. The van der Waals surface area contributed by atoms with Crippen molar-refractivity contribution in [2.75, 3.05) is 6.54 Å². The fourth-order valence-electron chi connectivity index (χ4n) is 9.15. The monoisotopic (exact) mass is 373 g/mol. The van der Waals surface area contributed by atoms with Crippen LogP contribution >= 0.6 is 0 Å². The van der Waals surface area contributed by atoms with E-state index < -0.39 is 0 Å². The Morgan fingerprint density at radius 2 is 1.74 bits per heavy atom. The molecule has 2 nitrogen and oxygen atoms in total. The van der Waals surface area contributed by atoms with Gasteiger partial charge in [-0.2, -0.15) is 0 Å². The Labute approximate surface area is 167 Å². The molecular formula is C25H43NO. The Hall–Kier alpha value is -0.370. The van der Waals surface area contributed by atoms with Gasteiger partial charge in [-0.1, -0.05) is 40.5 Å². The lowest BCUT2D eigenvalue weighted by molar-refractivity contribution is -0.168. The molecule has 9 atom stereocenters. The normalized spacial score (nSPS) is 50.6. The molecule has 0 spiro atoms. The van der Waals surface area contributed by atoms with E-state index in [4.69, 9.17) is 5.73 Å². The van der Waals surface area contributed by atoms with Gasteiger partial charge in [-0.15, -0.1) is 0 Å². The van der Waals surface area contributed by atoms with Gasteiger partial charge in [0, 0.05) is 11.8 Å². The zero-order valence-electron chi connectivity index (χ0n) is 18.3. The van der Waals surface area contributed by atoms with Crippen molar-refractivity contribution in [3.8, 4) is 0 Å². The number of rotatable bonds is 4. The number of Topliss-reactive ketones (excluding diaryl/α,β-unsaturated/α-hetero) is 1. The second-order valence-electron chi connectivity index (χ2n) is 11.3. The zero-order chi connectivity index (χ0) is 19.4. The predicted octanol–water partition coefficient (Wildman–Crippen LogP) is 5.84. The van der Waals surface area contributed by atoms with E-state index in [-0.39, 0.29) is 0 Å².